The normalized spacial score (nSPS) is 28.0. The highest BCUT2D eigenvalue weighted by atomic mass is 16.2. The SMILES string of the molecule is CC1CC(N(C)C(=O)CC2CCCN2)CCN1Cc1ccccc1. The topological polar surface area (TPSA) is 35.6 Å². The lowest BCUT2D eigenvalue weighted by atomic mass is 9.96. The van der Waals surface area contributed by atoms with Crippen molar-refractivity contribution in [2.45, 2.75) is 63.7 Å². The minimum Gasteiger partial charge on any atom is -0.343 e. The predicted molar refractivity (Wildman–Crippen MR) is 97.7 cm³/mol. The molecule has 1 aromatic carbocycles. The monoisotopic (exact) mass is 329 g/mol. The van der Waals surface area contributed by atoms with Gasteiger partial charge in [-0.3, -0.25) is 9.69 Å². The molecule has 3 atom stereocenters. The zero-order valence-corrected chi connectivity index (χ0v) is 15.1. The Labute approximate surface area is 146 Å². The maximum absolute atomic E-state index is 12.5. The van der Waals surface area contributed by atoms with Crippen LogP contribution in [-0.2, 0) is 11.3 Å². The van der Waals surface area contributed by atoms with Crippen LogP contribution in [0.25, 0.3) is 0 Å². The first kappa shape index (κ1) is 17.4. The summed E-state index contributed by atoms with van der Waals surface area (Å²) in [5.41, 5.74) is 1.37. The van der Waals surface area contributed by atoms with Gasteiger partial charge in [0, 0.05) is 44.7 Å². The highest BCUT2D eigenvalue weighted by Crippen LogP contribution is 2.24. The van der Waals surface area contributed by atoms with Crippen LogP contribution in [0.3, 0.4) is 0 Å². The van der Waals surface area contributed by atoms with E-state index in [2.05, 4.69) is 47.5 Å². The molecule has 0 spiro atoms. The van der Waals surface area contributed by atoms with Crippen LogP contribution in [0.15, 0.2) is 30.3 Å². The van der Waals surface area contributed by atoms with Crippen molar-refractivity contribution in [2.24, 2.45) is 0 Å². The Balaban J connectivity index is 1.49. The molecule has 1 N–H and O–H groups in total. The first-order chi connectivity index (χ1) is 11.6. The quantitative estimate of drug-likeness (QED) is 0.902. The molecule has 24 heavy (non-hydrogen) atoms. The van der Waals surface area contributed by atoms with Crippen LogP contribution in [0.1, 0.15) is 44.6 Å². The number of benzene rings is 1. The molecule has 3 unspecified atom stereocenters. The van der Waals surface area contributed by atoms with Crippen molar-refractivity contribution in [3.05, 3.63) is 35.9 Å². The molecule has 2 saturated heterocycles. The molecule has 0 radical (unpaired) electrons. The number of rotatable bonds is 5. The smallest absolute Gasteiger partial charge is 0.224 e. The average Bonchev–Trinajstić information content (AvgIpc) is 3.10. The van der Waals surface area contributed by atoms with Crippen molar-refractivity contribution in [1.82, 2.24) is 15.1 Å². The number of piperidine rings is 1. The lowest BCUT2D eigenvalue weighted by molar-refractivity contribution is -0.133. The third-order valence-corrected chi connectivity index (χ3v) is 5.74. The van der Waals surface area contributed by atoms with E-state index in [-0.39, 0.29) is 0 Å². The summed E-state index contributed by atoms with van der Waals surface area (Å²) in [4.78, 5) is 17.1. The lowest BCUT2D eigenvalue weighted by Crippen LogP contribution is -2.49. The number of nitrogens with zero attached hydrogens (tertiary/aromatic N) is 2. The van der Waals surface area contributed by atoms with E-state index in [9.17, 15) is 4.79 Å². The number of amides is 1. The highest BCUT2D eigenvalue weighted by Gasteiger charge is 2.30. The van der Waals surface area contributed by atoms with Gasteiger partial charge in [0.2, 0.25) is 5.91 Å². The van der Waals surface area contributed by atoms with E-state index in [0.717, 1.165) is 38.9 Å². The van der Waals surface area contributed by atoms with Crippen LogP contribution in [0.2, 0.25) is 0 Å². The number of nitrogens with one attached hydrogen (secondary N) is 1. The van der Waals surface area contributed by atoms with Gasteiger partial charge in [-0.2, -0.15) is 0 Å². The molecule has 2 heterocycles. The molecule has 2 aliphatic heterocycles. The second kappa shape index (κ2) is 8.13. The molecule has 3 rings (SSSR count). The van der Waals surface area contributed by atoms with Crippen molar-refractivity contribution in [3.63, 3.8) is 0 Å². The van der Waals surface area contributed by atoms with Crippen LogP contribution in [0, 0.1) is 0 Å². The van der Waals surface area contributed by atoms with Gasteiger partial charge in [-0.15, -0.1) is 0 Å². The van der Waals surface area contributed by atoms with Gasteiger partial charge in [0.1, 0.15) is 0 Å². The van der Waals surface area contributed by atoms with E-state index in [1.54, 1.807) is 0 Å². The number of hydrogen-bond acceptors (Lipinski definition) is 3. The third-order valence-electron chi connectivity index (χ3n) is 5.74. The molecule has 0 bridgehead atoms. The molecule has 2 fully saturated rings. The molecular weight excluding hydrogens is 298 g/mol. The Hall–Kier alpha value is -1.39. The fourth-order valence-corrected chi connectivity index (χ4v) is 4.09. The minimum atomic E-state index is 0.308. The van der Waals surface area contributed by atoms with Crippen molar-refractivity contribution in [2.75, 3.05) is 20.1 Å². The standard InChI is InChI=1S/C20H31N3O/c1-16-13-19(22(2)20(24)14-18-9-6-11-21-18)10-12-23(16)15-17-7-4-3-5-8-17/h3-5,7-8,16,18-19,21H,6,9-15H2,1-2H3. The maximum Gasteiger partial charge on any atom is 0.224 e. The van der Waals surface area contributed by atoms with Gasteiger partial charge in [-0.1, -0.05) is 30.3 Å². The van der Waals surface area contributed by atoms with Gasteiger partial charge in [-0.05, 0) is 44.7 Å². The van der Waals surface area contributed by atoms with Crippen LogP contribution >= 0.6 is 0 Å². The van der Waals surface area contributed by atoms with E-state index in [0.29, 0.717) is 30.5 Å². The Morgan fingerprint density at radius 2 is 2.08 bits per heavy atom. The minimum absolute atomic E-state index is 0.308. The van der Waals surface area contributed by atoms with E-state index < -0.39 is 0 Å². The van der Waals surface area contributed by atoms with Crippen LogP contribution in [0.5, 0.6) is 0 Å². The number of hydrogen-bond donors (Lipinski definition) is 1. The molecule has 4 nitrogen and oxygen atoms in total. The van der Waals surface area contributed by atoms with Crippen LogP contribution < -0.4 is 5.32 Å². The molecule has 2 aliphatic rings. The van der Waals surface area contributed by atoms with Crippen LogP contribution in [-0.4, -0.2) is 54.0 Å². The van der Waals surface area contributed by atoms with Gasteiger partial charge in [0.25, 0.3) is 0 Å². The van der Waals surface area contributed by atoms with E-state index in [1.807, 2.05) is 11.9 Å². The van der Waals surface area contributed by atoms with Crippen molar-refractivity contribution >= 4 is 5.91 Å². The summed E-state index contributed by atoms with van der Waals surface area (Å²) in [6, 6.07) is 12.0. The van der Waals surface area contributed by atoms with Gasteiger partial charge < -0.3 is 10.2 Å². The Kier molecular flexibility index (Phi) is 5.90. The maximum atomic E-state index is 12.5. The van der Waals surface area contributed by atoms with Gasteiger partial charge in [0.05, 0.1) is 0 Å². The first-order valence-corrected chi connectivity index (χ1v) is 9.40. The van der Waals surface area contributed by atoms with Crippen molar-refractivity contribution < 1.29 is 4.79 Å². The Bertz CT molecular complexity index is 527. The van der Waals surface area contributed by atoms with Crippen molar-refractivity contribution in [3.8, 4) is 0 Å². The molecule has 1 amide bonds. The summed E-state index contributed by atoms with van der Waals surface area (Å²) in [6.07, 6.45) is 5.17. The highest BCUT2D eigenvalue weighted by molar-refractivity contribution is 5.77. The average molecular weight is 329 g/mol. The second-order valence-electron chi connectivity index (χ2n) is 7.49. The number of carbonyl (C=O) groups excluding carboxylic acids is 1. The molecule has 1 aromatic rings. The summed E-state index contributed by atoms with van der Waals surface area (Å²) >= 11 is 0. The molecule has 0 aromatic heterocycles. The lowest BCUT2D eigenvalue weighted by Gasteiger charge is -2.41. The zero-order chi connectivity index (χ0) is 16.9. The molecule has 0 aliphatic carbocycles. The van der Waals surface area contributed by atoms with Gasteiger partial charge in [0.15, 0.2) is 0 Å². The summed E-state index contributed by atoms with van der Waals surface area (Å²) in [5.74, 6) is 0.308. The van der Waals surface area contributed by atoms with Gasteiger partial charge >= 0.3 is 0 Å². The largest absolute Gasteiger partial charge is 0.343 e. The summed E-state index contributed by atoms with van der Waals surface area (Å²) < 4.78 is 0. The molecule has 0 saturated carbocycles. The third kappa shape index (κ3) is 4.37. The van der Waals surface area contributed by atoms with E-state index in [1.165, 1.54) is 12.0 Å². The fourth-order valence-electron chi connectivity index (χ4n) is 4.09. The van der Waals surface area contributed by atoms with E-state index in [4.69, 9.17) is 0 Å². The molecule has 132 valence electrons. The zero-order valence-electron chi connectivity index (χ0n) is 15.1. The molecule has 4 heteroatoms. The fraction of sp³-hybridized carbons (Fsp3) is 0.650. The predicted octanol–water partition coefficient (Wildman–Crippen LogP) is 2.64. The molecular formula is C20H31N3O. The van der Waals surface area contributed by atoms with E-state index >= 15 is 0 Å². The van der Waals surface area contributed by atoms with Gasteiger partial charge in [-0.25, -0.2) is 0 Å². The Morgan fingerprint density at radius 3 is 2.75 bits per heavy atom. The number of likely N-dealkylation sites (tertiary alicyclic amines) is 1. The summed E-state index contributed by atoms with van der Waals surface area (Å²) in [6.45, 7) is 5.45. The Morgan fingerprint density at radius 1 is 1.29 bits per heavy atom. The van der Waals surface area contributed by atoms with Crippen LogP contribution in [0.4, 0.5) is 0 Å². The van der Waals surface area contributed by atoms with Crippen molar-refractivity contribution in [1.29, 1.82) is 0 Å². The number of carbonyl (C=O) groups is 1. The first-order valence-electron chi connectivity index (χ1n) is 9.40. The summed E-state index contributed by atoms with van der Waals surface area (Å²) in [7, 11) is 2.00. The second-order valence-corrected chi connectivity index (χ2v) is 7.49. The summed E-state index contributed by atoms with van der Waals surface area (Å²) in [5, 5.41) is 3.43.